The summed E-state index contributed by atoms with van der Waals surface area (Å²) in [5, 5.41) is 13.0. The van der Waals surface area contributed by atoms with Gasteiger partial charge in [0.2, 0.25) is 0 Å². The molecule has 0 unspecified atom stereocenters. The first-order valence-electron chi connectivity index (χ1n) is 5.94. The van der Waals surface area contributed by atoms with Crippen molar-refractivity contribution in [1.29, 1.82) is 0 Å². The third-order valence-corrected chi connectivity index (χ3v) is 2.91. The zero-order valence-electron chi connectivity index (χ0n) is 10.5. The van der Waals surface area contributed by atoms with Crippen molar-refractivity contribution in [2.24, 2.45) is 10.7 Å². The van der Waals surface area contributed by atoms with Crippen molar-refractivity contribution in [2.75, 3.05) is 11.9 Å². The molecule has 0 saturated heterocycles. The summed E-state index contributed by atoms with van der Waals surface area (Å²) in [5.74, 6) is 0.330. The molecule has 0 bridgehead atoms. The number of aliphatic imine (C=N–C) groups is 1. The molecule has 0 aliphatic rings. The largest absolute Gasteiger partial charge is 0.388 e. The van der Waals surface area contributed by atoms with Gasteiger partial charge in [0, 0.05) is 5.69 Å². The lowest BCUT2D eigenvalue weighted by Crippen LogP contribution is -2.33. The average molecular weight is 235 g/mol. The van der Waals surface area contributed by atoms with Crippen LogP contribution in [0.3, 0.4) is 0 Å². The van der Waals surface area contributed by atoms with Crippen molar-refractivity contribution in [3.63, 3.8) is 0 Å². The predicted octanol–water partition coefficient (Wildman–Crippen LogP) is 1.96. The highest BCUT2D eigenvalue weighted by Gasteiger charge is 2.21. The lowest BCUT2D eigenvalue weighted by molar-refractivity contribution is 0.0419. The Morgan fingerprint density at radius 3 is 2.41 bits per heavy atom. The van der Waals surface area contributed by atoms with E-state index in [0.717, 1.165) is 5.69 Å². The SMILES string of the molecule is CCC(O)(CC)CN=C(N)Nc1ccccc1. The molecule has 1 rings (SSSR count). The van der Waals surface area contributed by atoms with Crippen LogP contribution in [0.2, 0.25) is 0 Å². The molecule has 0 spiro atoms. The van der Waals surface area contributed by atoms with Crippen LogP contribution >= 0.6 is 0 Å². The molecule has 1 aromatic rings. The van der Waals surface area contributed by atoms with Crippen LogP contribution in [0.4, 0.5) is 5.69 Å². The maximum Gasteiger partial charge on any atom is 0.193 e. The first kappa shape index (κ1) is 13.5. The van der Waals surface area contributed by atoms with E-state index >= 15 is 0 Å². The molecular formula is C13H21N3O. The maximum atomic E-state index is 10.1. The Morgan fingerprint density at radius 1 is 1.29 bits per heavy atom. The number of para-hydroxylation sites is 1. The second-order valence-electron chi connectivity index (χ2n) is 4.12. The minimum atomic E-state index is -0.747. The van der Waals surface area contributed by atoms with Crippen molar-refractivity contribution < 1.29 is 5.11 Å². The zero-order valence-corrected chi connectivity index (χ0v) is 10.5. The summed E-state index contributed by atoms with van der Waals surface area (Å²) in [6.45, 7) is 4.21. The van der Waals surface area contributed by atoms with Crippen LogP contribution in [0, 0.1) is 0 Å². The van der Waals surface area contributed by atoms with Gasteiger partial charge in [-0.3, -0.25) is 4.99 Å². The third kappa shape index (κ3) is 4.44. The summed E-state index contributed by atoms with van der Waals surface area (Å²) >= 11 is 0. The number of hydrogen-bond donors (Lipinski definition) is 3. The second kappa shape index (κ2) is 6.25. The van der Waals surface area contributed by atoms with Crippen molar-refractivity contribution in [2.45, 2.75) is 32.3 Å². The third-order valence-electron chi connectivity index (χ3n) is 2.91. The van der Waals surface area contributed by atoms with Gasteiger partial charge in [-0.05, 0) is 25.0 Å². The van der Waals surface area contributed by atoms with Gasteiger partial charge in [0.15, 0.2) is 5.96 Å². The smallest absolute Gasteiger partial charge is 0.193 e. The highest BCUT2D eigenvalue weighted by molar-refractivity contribution is 5.92. The fourth-order valence-electron chi connectivity index (χ4n) is 1.41. The topological polar surface area (TPSA) is 70.6 Å². The standard InChI is InChI=1S/C13H21N3O/c1-3-13(17,4-2)10-15-12(14)16-11-8-6-5-7-9-11/h5-9,17H,3-4,10H2,1-2H3,(H3,14,15,16). The van der Waals surface area contributed by atoms with E-state index in [1.54, 1.807) is 0 Å². The predicted molar refractivity (Wildman–Crippen MR) is 72.1 cm³/mol. The summed E-state index contributed by atoms with van der Waals surface area (Å²) in [6, 6.07) is 9.60. The van der Waals surface area contributed by atoms with Gasteiger partial charge in [-0.15, -0.1) is 0 Å². The molecule has 1 aromatic carbocycles. The molecule has 0 fully saturated rings. The maximum absolute atomic E-state index is 10.1. The van der Waals surface area contributed by atoms with Gasteiger partial charge in [0.05, 0.1) is 12.1 Å². The fraction of sp³-hybridized carbons (Fsp3) is 0.462. The molecule has 0 saturated carbocycles. The van der Waals surface area contributed by atoms with E-state index in [0.29, 0.717) is 25.3 Å². The van der Waals surface area contributed by atoms with Crippen LogP contribution in [-0.4, -0.2) is 23.2 Å². The zero-order chi connectivity index (χ0) is 12.7. The lowest BCUT2D eigenvalue weighted by atomic mass is 9.98. The lowest BCUT2D eigenvalue weighted by Gasteiger charge is -2.22. The summed E-state index contributed by atoms with van der Waals surface area (Å²) in [4.78, 5) is 4.17. The Hall–Kier alpha value is -1.55. The van der Waals surface area contributed by atoms with Gasteiger partial charge in [-0.1, -0.05) is 32.0 Å². The molecule has 4 nitrogen and oxygen atoms in total. The van der Waals surface area contributed by atoms with Crippen molar-refractivity contribution >= 4 is 11.6 Å². The first-order chi connectivity index (χ1) is 8.09. The summed E-state index contributed by atoms with van der Waals surface area (Å²) < 4.78 is 0. The fourth-order valence-corrected chi connectivity index (χ4v) is 1.41. The van der Waals surface area contributed by atoms with Gasteiger partial charge in [0.25, 0.3) is 0 Å². The molecule has 4 heteroatoms. The number of nitrogens with two attached hydrogens (primary N) is 1. The van der Waals surface area contributed by atoms with E-state index in [1.807, 2.05) is 44.2 Å². The summed E-state index contributed by atoms with van der Waals surface area (Å²) in [5.41, 5.74) is 5.90. The number of benzene rings is 1. The molecular weight excluding hydrogens is 214 g/mol. The van der Waals surface area contributed by atoms with Crippen LogP contribution in [0.25, 0.3) is 0 Å². The Bertz CT molecular complexity index is 358. The van der Waals surface area contributed by atoms with Gasteiger partial charge in [-0.2, -0.15) is 0 Å². The number of anilines is 1. The number of nitrogens with one attached hydrogen (secondary N) is 1. The van der Waals surface area contributed by atoms with Gasteiger partial charge in [-0.25, -0.2) is 0 Å². The number of hydrogen-bond acceptors (Lipinski definition) is 2. The van der Waals surface area contributed by atoms with Crippen molar-refractivity contribution in [3.05, 3.63) is 30.3 Å². The highest BCUT2D eigenvalue weighted by Crippen LogP contribution is 2.14. The van der Waals surface area contributed by atoms with E-state index in [9.17, 15) is 5.11 Å². The molecule has 0 amide bonds. The number of aliphatic hydroxyl groups is 1. The van der Waals surface area contributed by atoms with Gasteiger partial charge in [0.1, 0.15) is 0 Å². The van der Waals surface area contributed by atoms with Crippen molar-refractivity contribution in [1.82, 2.24) is 0 Å². The molecule has 0 aliphatic carbocycles. The molecule has 0 aliphatic heterocycles. The van der Waals surface area contributed by atoms with Crippen LogP contribution in [0.15, 0.2) is 35.3 Å². The summed E-state index contributed by atoms with van der Waals surface area (Å²) in [6.07, 6.45) is 1.34. The Balaban J connectivity index is 2.56. The van der Waals surface area contributed by atoms with E-state index in [4.69, 9.17) is 5.73 Å². The second-order valence-corrected chi connectivity index (χ2v) is 4.12. The van der Waals surface area contributed by atoms with E-state index in [-0.39, 0.29) is 0 Å². The van der Waals surface area contributed by atoms with Crippen LogP contribution in [-0.2, 0) is 0 Å². The van der Waals surface area contributed by atoms with Crippen LogP contribution < -0.4 is 11.1 Å². The molecule has 94 valence electrons. The van der Waals surface area contributed by atoms with Crippen LogP contribution in [0.5, 0.6) is 0 Å². The van der Waals surface area contributed by atoms with E-state index in [2.05, 4.69) is 10.3 Å². The number of rotatable bonds is 5. The Labute approximate surface area is 103 Å². The van der Waals surface area contributed by atoms with Crippen LogP contribution in [0.1, 0.15) is 26.7 Å². The van der Waals surface area contributed by atoms with Gasteiger partial charge < -0.3 is 16.2 Å². The molecule has 0 atom stereocenters. The average Bonchev–Trinajstić information content (AvgIpc) is 2.37. The summed E-state index contributed by atoms with van der Waals surface area (Å²) in [7, 11) is 0. The quantitative estimate of drug-likeness (QED) is 0.539. The minimum Gasteiger partial charge on any atom is -0.388 e. The molecule has 0 heterocycles. The number of guanidine groups is 1. The Kier molecular flexibility index (Phi) is 4.97. The van der Waals surface area contributed by atoms with E-state index in [1.165, 1.54) is 0 Å². The molecule has 4 N–H and O–H groups in total. The normalized spacial score (nSPS) is 12.5. The van der Waals surface area contributed by atoms with Gasteiger partial charge >= 0.3 is 0 Å². The molecule has 0 aromatic heterocycles. The highest BCUT2D eigenvalue weighted by atomic mass is 16.3. The molecule has 17 heavy (non-hydrogen) atoms. The van der Waals surface area contributed by atoms with Crippen molar-refractivity contribution in [3.8, 4) is 0 Å². The van der Waals surface area contributed by atoms with E-state index < -0.39 is 5.60 Å². The number of nitrogens with zero attached hydrogens (tertiary/aromatic N) is 1. The first-order valence-corrected chi connectivity index (χ1v) is 5.94. The molecule has 0 radical (unpaired) electrons. The minimum absolute atomic E-state index is 0.325. The Morgan fingerprint density at radius 2 is 1.88 bits per heavy atom. The monoisotopic (exact) mass is 235 g/mol.